The summed E-state index contributed by atoms with van der Waals surface area (Å²) in [5.74, 6) is -0.741. The summed E-state index contributed by atoms with van der Waals surface area (Å²) >= 11 is 0. The van der Waals surface area contributed by atoms with E-state index in [-0.39, 0.29) is 5.91 Å². The van der Waals surface area contributed by atoms with Gasteiger partial charge in [0.05, 0.1) is 12.0 Å². The average molecular weight is 374 g/mol. The van der Waals surface area contributed by atoms with Crippen LogP contribution >= 0.6 is 0 Å². The van der Waals surface area contributed by atoms with Gasteiger partial charge in [-0.2, -0.15) is 0 Å². The Balaban J connectivity index is 1.60. The highest BCUT2D eigenvalue weighted by molar-refractivity contribution is 5.81. The summed E-state index contributed by atoms with van der Waals surface area (Å²) in [6, 6.07) is 8.37. The summed E-state index contributed by atoms with van der Waals surface area (Å²) in [7, 11) is 1.63. The van der Waals surface area contributed by atoms with Gasteiger partial charge in [-0.05, 0) is 43.2 Å². The van der Waals surface area contributed by atoms with Crippen molar-refractivity contribution in [1.29, 1.82) is 0 Å². The van der Waals surface area contributed by atoms with E-state index in [1.165, 1.54) is 11.1 Å². The van der Waals surface area contributed by atoms with Gasteiger partial charge in [0, 0.05) is 39.9 Å². The van der Waals surface area contributed by atoms with E-state index >= 15 is 0 Å². The number of aliphatic carboxylic acids is 1. The lowest BCUT2D eigenvalue weighted by Crippen LogP contribution is -2.52. The highest BCUT2D eigenvalue weighted by Crippen LogP contribution is 2.35. The molecule has 0 spiro atoms. The molecule has 0 radical (unpaired) electrons. The molecule has 1 atom stereocenters. The Hall–Kier alpha value is -1.92. The molecule has 6 nitrogen and oxygen atoms in total. The van der Waals surface area contributed by atoms with Gasteiger partial charge < -0.3 is 14.7 Å². The van der Waals surface area contributed by atoms with Crippen molar-refractivity contribution in [2.24, 2.45) is 5.41 Å². The van der Waals surface area contributed by atoms with Gasteiger partial charge in [-0.15, -0.1) is 0 Å². The number of carbonyl (C=O) groups excluding carboxylic acids is 1. The zero-order chi connectivity index (χ0) is 19.3. The maximum atomic E-state index is 12.9. The number of piperidine rings is 1. The summed E-state index contributed by atoms with van der Waals surface area (Å²) in [5.41, 5.74) is 1.82. The van der Waals surface area contributed by atoms with Crippen LogP contribution in [-0.4, -0.2) is 66.7 Å². The van der Waals surface area contributed by atoms with Crippen LogP contribution in [0.3, 0.4) is 0 Å². The molecular weight excluding hydrogens is 344 g/mol. The van der Waals surface area contributed by atoms with Gasteiger partial charge in [0.15, 0.2) is 0 Å². The topological polar surface area (TPSA) is 70.1 Å². The Bertz CT molecular complexity index is 678. The van der Waals surface area contributed by atoms with E-state index in [0.717, 1.165) is 25.9 Å². The Labute approximate surface area is 161 Å². The predicted molar refractivity (Wildman–Crippen MR) is 102 cm³/mol. The fourth-order valence-corrected chi connectivity index (χ4v) is 4.37. The normalized spacial score (nSPS) is 23.1. The molecule has 1 aromatic rings. The number of rotatable bonds is 7. The number of methoxy groups -OCH3 is 1. The lowest BCUT2D eigenvalue weighted by atomic mass is 9.76. The predicted octanol–water partition coefficient (Wildman–Crippen LogP) is 2.16. The number of likely N-dealkylation sites (tertiary alicyclic amines) is 1. The van der Waals surface area contributed by atoms with E-state index in [1.54, 1.807) is 12.0 Å². The fourth-order valence-electron chi connectivity index (χ4n) is 4.37. The minimum atomic E-state index is -0.832. The van der Waals surface area contributed by atoms with Gasteiger partial charge in [0.1, 0.15) is 0 Å². The maximum absolute atomic E-state index is 12.9. The van der Waals surface area contributed by atoms with Gasteiger partial charge in [-0.3, -0.25) is 14.5 Å². The van der Waals surface area contributed by atoms with E-state index in [9.17, 15) is 14.7 Å². The maximum Gasteiger partial charge on any atom is 0.311 e. The molecule has 1 N–H and O–H groups in total. The van der Waals surface area contributed by atoms with Crippen LogP contribution in [0.2, 0.25) is 0 Å². The average Bonchev–Trinajstić information content (AvgIpc) is 2.68. The van der Waals surface area contributed by atoms with E-state index in [4.69, 9.17) is 4.74 Å². The molecule has 27 heavy (non-hydrogen) atoms. The number of ether oxygens (including phenoxy) is 1. The summed E-state index contributed by atoms with van der Waals surface area (Å²) in [4.78, 5) is 28.8. The highest BCUT2D eigenvalue weighted by atomic mass is 16.5. The molecule has 0 bridgehead atoms. The first kappa shape index (κ1) is 19.8. The van der Waals surface area contributed by atoms with Crippen molar-refractivity contribution in [2.45, 2.75) is 38.6 Å². The summed E-state index contributed by atoms with van der Waals surface area (Å²) < 4.78 is 5.08. The first-order valence-electron chi connectivity index (χ1n) is 9.83. The lowest BCUT2D eigenvalue weighted by Gasteiger charge is -2.41. The molecule has 148 valence electrons. The molecule has 6 heteroatoms. The number of carboxylic acids is 1. The second-order valence-corrected chi connectivity index (χ2v) is 7.83. The number of amides is 1. The Kier molecular flexibility index (Phi) is 6.50. The standard InChI is InChI=1S/C21H30N2O4/c1-27-13-5-10-21(20(25)26)9-4-11-23(16-21)19(24)15-22-12-8-17-6-2-3-7-18(17)14-22/h2-3,6-7H,4-5,8-16H2,1H3,(H,25,26)/t21-/m1/s1. The zero-order valence-corrected chi connectivity index (χ0v) is 16.2. The molecule has 0 unspecified atom stereocenters. The molecule has 3 rings (SSSR count). The van der Waals surface area contributed by atoms with E-state index in [1.807, 2.05) is 6.07 Å². The third-order valence-corrected chi connectivity index (χ3v) is 5.96. The Morgan fingerprint density at radius 2 is 2.00 bits per heavy atom. The number of hydrogen-bond acceptors (Lipinski definition) is 4. The third-order valence-electron chi connectivity index (χ3n) is 5.96. The number of benzene rings is 1. The van der Waals surface area contributed by atoms with Crippen LogP contribution in [0.15, 0.2) is 24.3 Å². The van der Waals surface area contributed by atoms with Crippen molar-refractivity contribution in [3.05, 3.63) is 35.4 Å². The van der Waals surface area contributed by atoms with Gasteiger partial charge in [-0.1, -0.05) is 24.3 Å². The van der Waals surface area contributed by atoms with Crippen molar-refractivity contribution >= 4 is 11.9 Å². The van der Waals surface area contributed by atoms with Crippen LogP contribution in [-0.2, 0) is 27.3 Å². The molecule has 0 saturated carbocycles. The monoisotopic (exact) mass is 374 g/mol. The molecule has 1 saturated heterocycles. The summed E-state index contributed by atoms with van der Waals surface area (Å²) in [6.07, 6.45) is 3.59. The first-order chi connectivity index (χ1) is 13.0. The minimum Gasteiger partial charge on any atom is -0.481 e. The van der Waals surface area contributed by atoms with Crippen LogP contribution in [0.5, 0.6) is 0 Å². The van der Waals surface area contributed by atoms with Crippen LogP contribution < -0.4 is 0 Å². The molecular formula is C21H30N2O4. The fraction of sp³-hybridized carbons (Fsp3) is 0.619. The first-order valence-corrected chi connectivity index (χ1v) is 9.83. The molecule has 2 heterocycles. The lowest BCUT2D eigenvalue weighted by molar-refractivity contribution is -0.156. The van der Waals surface area contributed by atoms with Crippen LogP contribution in [0.1, 0.15) is 36.8 Å². The second kappa shape index (κ2) is 8.85. The number of hydrogen-bond donors (Lipinski definition) is 1. The van der Waals surface area contributed by atoms with Gasteiger partial charge in [-0.25, -0.2) is 0 Å². The Morgan fingerprint density at radius 3 is 2.74 bits per heavy atom. The van der Waals surface area contributed by atoms with E-state index in [0.29, 0.717) is 45.5 Å². The van der Waals surface area contributed by atoms with Crippen LogP contribution in [0.4, 0.5) is 0 Å². The SMILES string of the molecule is COCCC[C@]1(C(=O)O)CCCN(C(=O)CN2CCc3ccccc3C2)C1. The van der Waals surface area contributed by atoms with Gasteiger partial charge in [0.2, 0.25) is 5.91 Å². The number of fused-ring (bicyclic) bond motifs is 1. The smallest absolute Gasteiger partial charge is 0.311 e. The number of nitrogens with zero attached hydrogens (tertiary/aromatic N) is 2. The van der Waals surface area contributed by atoms with E-state index < -0.39 is 11.4 Å². The molecule has 1 aromatic carbocycles. The van der Waals surface area contributed by atoms with Gasteiger partial charge >= 0.3 is 5.97 Å². The van der Waals surface area contributed by atoms with Crippen molar-refractivity contribution in [3.63, 3.8) is 0 Å². The minimum absolute atomic E-state index is 0.0476. The molecule has 2 aliphatic rings. The molecule has 1 amide bonds. The molecule has 2 aliphatic heterocycles. The van der Waals surface area contributed by atoms with Crippen molar-refractivity contribution in [3.8, 4) is 0 Å². The van der Waals surface area contributed by atoms with Crippen LogP contribution in [0, 0.1) is 5.41 Å². The van der Waals surface area contributed by atoms with Gasteiger partial charge in [0.25, 0.3) is 0 Å². The quantitative estimate of drug-likeness (QED) is 0.741. The van der Waals surface area contributed by atoms with Crippen molar-refractivity contribution in [2.75, 3.05) is 39.9 Å². The van der Waals surface area contributed by atoms with Crippen LogP contribution in [0.25, 0.3) is 0 Å². The number of carboxylic acid groups (broad SMARTS) is 1. The molecule has 0 aliphatic carbocycles. The zero-order valence-electron chi connectivity index (χ0n) is 16.2. The Morgan fingerprint density at radius 1 is 1.22 bits per heavy atom. The van der Waals surface area contributed by atoms with Crippen molar-refractivity contribution < 1.29 is 19.4 Å². The largest absolute Gasteiger partial charge is 0.481 e. The van der Waals surface area contributed by atoms with E-state index in [2.05, 4.69) is 23.1 Å². The third kappa shape index (κ3) is 4.68. The van der Waals surface area contributed by atoms with Crippen molar-refractivity contribution in [1.82, 2.24) is 9.80 Å². The summed E-state index contributed by atoms with van der Waals surface area (Å²) in [5, 5.41) is 9.83. The molecule has 1 fully saturated rings. The second-order valence-electron chi connectivity index (χ2n) is 7.83. The highest BCUT2D eigenvalue weighted by Gasteiger charge is 2.43. The molecule has 0 aromatic heterocycles. The number of carbonyl (C=O) groups is 2. The summed E-state index contributed by atoms with van der Waals surface area (Å²) in [6.45, 7) is 3.54.